The van der Waals surface area contributed by atoms with Crippen molar-refractivity contribution in [2.24, 2.45) is 5.41 Å². The van der Waals surface area contributed by atoms with Gasteiger partial charge in [0.2, 0.25) is 0 Å². The van der Waals surface area contributed by atoms with Crippen LogP contribution in [0.1, 0.15) is 65.7 Å². The van der Waals surface area contributed by atoms with Crippen LogP contribution in [0.15, 0.2) is 0 Å². The SMILES string of the molecule is CC(CCCO)NC1CCCC(C)(C)CC1. The van der Waals surface area contributed by atoms with E-state index in [1.165, 1.54) is 32.1 Å². The smallest absolute Gasteiger partial charge is 0.0431 e. The molecule has 0 aromatic heterocycles. The molecule has 0 amide bonds. The summed E-state index contributed by atoms with van der Waals surface area (Å²) in [5.74, 6) is 0. The first-order valence-corrected chi connectivity index (χ1v) is 6.90. The van der Waals surface area contributed by atoms with Gasteiger partial charge in [-0.1, -0.05) is 20.3 Å². The van der Waals surface area contributed by atoms with Crippen molar-refractivity contribution in [3.8, 4) is 0 Å². The lowest BCUT2D eigenvalue weighted by Crippen LogP contribution is -2.36. The zero-order valence-electron chi connectivity index (χ0n) is 11.3. The van der Waals surface area contributed by atoms with E-state index < -0.39 is 0 Å². The van der Waals surface area contributed by atoms with Gasteiger partial charge in [0.15, 0.2) is 0 Å². The maximum absolute atomic E-state index is 8.81. The maximum atomic E-state index is 8.81. The van der Waals surface area contributed by atoms with Crippen molar-refractivity contribution in [2.75, 3.05) is 6.61 Å². The molecular formula is C14H29NO. The third kappa shape index (κ3) is 5.31. The predicted molar refractivity (Wildman–Crippen MR) is 69.6 cm³/mol. The number of aliphatic hydroxyl groups excluding tert-OH is 1. The zero-order chi connectivity index (χ0) is 12.0. The molecule has 1 saturated carbocycles. The molecule has 0 bridgehead atoms. The fourth-order valence-corrected chi connectivity index (χ4v) is 2.71. The van der Waals surface area contributed by atoms with Gasteiger partial charge >= 0.3 is 0 Å². The molecule has 0 radical (unpaired) electrons. The van der Waals surface area contributed by atoms with Crippen LogP contribution in [0.25, 0.3) is 0 Å². The Morgan fingerprint density at radius 3 is 2.75 bits per heavy atom. The highest BCUT2D eigenvalue weighted by atomic mass is 16.2. The van der Waals surface area contributed by atoms with Gasteiger partial charge < -0.3 is 10.4 Å². The van der Waals surface area contributed by atoms with Gasteiger partial charge in [-0.05, 0) is 50.9 Å². The van der Waals surface area contributed by atoms with Gasteiger partial charge in [-0.3, -0.25) is 0 Å². The average molecular weight is 227 g/mol. The summed E-state index contributed by atoms with van der Waals surface area (Å²) in [5.41, 5.74) is 0.546. The Morgan fingerprint density at radius 2 is 2.06 bits per heavy atom. The van der Waals surface area contributed by atoms with E-state index in [-0.39, 0.29) is 0 Å². The minimum Gasteiger partial charge on any atom is -0.396 e. The number of hydrogen-bond donors (Lipinski definition) is 2. The fraction of sp³-hybridized carbons (Fsp3) is 1.00. The average Bonchev–Trinajstić information content (AvgIpc) is 2.37. The molecule has 1 fully saturated rings. The Kier molecular flexibility index (Phi) is 5.77. The predicted octanol–water partition coefficient (Wildman–Crippen LogP) is 3.10. The zero-order valence-corrected chi connectivity index (χ0v) is 11.3. The Balaban J connectivity index is 2.26. The lowest BCUT2D eigenvalue weighted by atomic mass is 9.85. The van der Waals surface area contributed by atoms with E-state index in [9.17, 15) is 0 Å². The van der Waals surface area contributed by atoms with Crippen molar-refractivity contribution in [2.45, 2.75) is 77.8 Å². The second-order valence-corrected chi connectivity index (χ2v) is 6.23. The monoisotopic (exact) mass is 227 g/mol. The van der Waals surface area contributed by atoms with Crippen molar-refractivity contribution >= 4 is 0 Å². The van der Waals surface area contributed by atoms with Gasteiger partial charge in [0.1, 0.15) is 0 Å². The summed E-state index contributed by atoms with van der Waals surface area (Å²) in [6.45, 7) is 7.35. The van der Waals surface area contributed by atoms with E-state index >= 15 is 0 Å². The van der Waals surface area contributed by atoms with Crippen molar-refractivity contribution in [3.05, 3.63) is 0 Å². The van der Waals surface area contributed by atoms with Crippen molar-refractivity contribution in [3.63, 3.8) is 0 Å². The van der Waals surface area contributed by atoms with Crippen LogP contribution in [0.5, 0.6) is 0 Å². The first-order valence-electron chi connectivity index (χ1n) is 6.90. The van der Waals surface area contributed by atoms with Crippen LogP contribution in [-0.2, 0) is 0 Å². The summed E-state index contributed by atoms with van der Waals surface area (Å²) in [6.07, 6.45) is 8.73. The lowest BCUT2D eigenvalue weighted by molar-refractivity contribution is 0.270. The van der Waals surface area contributed by atoms with E-state index in [1.54, 1.807) is 0 Å². The molecule has 2 atom stereocenters. The topological polar surface area (TPSA) is 32.3 Å². The highest BCUT2D eigenvalue weighted by Crippen LogP contribution is 2.33. The van der Waals surface area contributed by atoms with Crippen LogP contribution in [0.2, 0.25) is 0 Å². The van der Waals surface area contributed by atoms with Crippen molar-refractivity contribution in [1.82, 2.24) is 5.32 Å². The minimum atomic E-state index is 0.323. The highest BCUT2D eigenvalue weighted by Gasteiger charge is 2.24. The molecule has 0 aliphatic heterocycles. The van der Waals surface area contributed by atoms with Crippen LogP contribution >= 0.6 is 0 Å². The second kappa shape index (κ2) is 6.61. The second-order valence-electron chi connectivity index (χ2n) is 6.23. The van der Waals surface area contributed by atoms with Crippen molar-refractivity contribution in [1.29, 1.82) is 0 Å². The number of hydrogen-bond acceptors (Lipinski definition) is 2. The molecule has 0 heterocycles. The Hall–Kier alpha value is -0.0800. The normalized spacial score (nSPS) is 27.4. The summed E-state index contributed by atoms with van der Waals surface area (Å²) in [7, 11) is 0. The molecule has 2 nitrogen and oxygen atoms in total. The molecule has 0 aromatic rings. The molecule has 0 spiro atoms. The van der Waals surface area contributed by atoms with Gasteiger partial charge in [0, 0.05) is 18.7 Å². The van der Waals surface area contributed by atoms with E-state index in [1.807, 2.05) is 0 Å². The molecule has 1 aliphatic rings. The van der Waals surface area contributed by atoms with Crippen LogP contribution in [0.4, 0.5) is 0 Å². The van der Waals surface area contributed by atoms with Gasteiger partial charge in [-0.2, -0.15) is 0 Å². The van der Waals surface area contributed by atoms with Crippen LogP contribution in [-0.4, -0.2) is 23.8 Å². The molecule has 16 heavy (non-hydrogen) atoms. The van der Waals surface area contributed by atoms with Crippen LogP contribution < -0.4 is 5.32 Å². The van der Waals surface area contributed by atoms with E-state index in [2.05, 4.69) is 26.1 Å². The van der Waals surface area contributed by atoms with E-state index in [4.69, 9.17) is 5.11 Å². The van der Waals surface area contributed by atoms with Gasteiger partial charge in [0.05, 0.1) is 0 Å². The van der Waals surface area contributed by atoms with E-state index in [0.717, 1.165) is 12.8 Å². The number of aliphatic hydroxyl groups is 1. The minimum absolute atomic E-state index is 0.323. The lowest BCUT2D eigenvalue weighted by Gasteiger charge is -2.24. The molecule has 2 unspecified atom stereocenters. The summed E-state index contributed by atoms with van der Waals surface area (Å²) in [5, 5.41) is 12.5. The molecule has 2 heteroatoms. The maximum Gasteiger partial charge on any atom is 0.0431 e. The van der Waals surface area contributed by atoms with Crippen molar-refractivity contribution < 1.29 is 5.11 Å². The highest BCUT2D eigenvalue weighted by molar-refractivity contribution is 4.81. The number of nitrogens with one attached hydrogen (secondary N) is 1. The standard InChI is InChI=1S/C14H29NO/c1-12(6-5-11-16)15-13-7-4-9-14(2,3)10-8-13/h12-13,15-16H,4-11H2,1-3H3. The third-order valence-electron chi connectivity index (χ3n) is 3.89. The van der Waals surface area contributed by atoms with Gasteiger partial charge in [-0.25, -0.2) is 0 Å². The third-order valence-corrected chi connectivity index (χ3v) is 3.89. The van der Waals surface area contributed by atoms with Crippen LogP contribution in [0, 0.1) is 5.41 Å². The quantitative estimate of drug-likeness (QED) is 0.707. The summed E-state index contributed by atoms with van der Waals surface area (Å²) in [6, 6.07) is 1.26. The first kappa shape index (κ1) is 14.0. The first-order chi connectivity index (χ1) is 7.53. The molecule has 1 aliphatic carbocycles. The summed E-state index contributed by atoms with van der Waals surface area (Å²) in [4.78, 5) is 0. The fourth-order valence-electron chi connectivity index (χ4n) is 2.71. The molecule has 1 rings (SSSR count). The van der Waals surface area contributed by atoms with Gasteiger partial charge in [-0.15, -0.1) is 0 Å². The Labute approximate surface area is 101 Å². The molecule has 0 saturated heterocycles. The summed E-state index contributed by atoms with van der Waals surface area (Å²) < 4.78 is 0. The molecule has 0 aromatic carbocycles. The summed E-state index contributed by atoms with van der Waals surface area (Å²) >= 11 is 0. The largest absolute Gasteiger partial charge is 0.396 e. The van der Waals surface area contributed by atoms with Gasteiger partial charge in [0.25, 0.3) is 0 Å². The Bertz CT molecular complexity index is 191. The molecular weight excluding hydrogens is 198 g/mol. The Morgan fingerprint density at radius 1 is 1.31 bits per heavy atom. The molecule has 2 N–H and O–H groups in total. The molecule has 96 valence electrons. The van der Waals surface area contributed by atoms with E-state index in [0.29, 0.717) is 24.1 Å². The van der Waals surface area contributed by atoms with Crippen LogP contribution in [0.3, 0.4) is 0 Å². The number of rotatable bonds is 5.